The van der Waals surface area contributed by atoms with E-state index in [1.807, 2.05) is 18.2 Å². The van der Waals surface area contributed by atoms with Crippen LogP contribution >= 0.6 is 12.1 Å². The Bertz CT molecular complexity index is 618. The minimum atomic E-state index is 0.785. The molecule has 0 amide bonds. The number of hydrogen-bond donors (Lipinski definition) is 0. The van der Waals surface area contributed by atoms with Crippen molar-refractivity contribution < 1.29 is 0 Å². The lowest BCUT2D eigenvalue weighted by molar-refractivity contribution is 0.400. The van der Waals surface area contributed by atoms with Crippen LogP contribution in [0.25, 0.3) is 6.08 Å². The Morgan fingerprint density at radius 1 is 1.22 bits per heavy atom. The molecule has 1 unspecified atom stereocenters. The van der Waals surface area contributed by atoms with Gasteiger partial charge in [0.15, 0.2) is 0 Å². The van der Waals surface area contributed by atoms with Gasteiger partial charge in [-0.1, -0.05) is 69.3 Å². The molecule has 3 heteroatoms. The topological polar surface area (TPSA) is 6.48 Å². The number of aryl methyl sites for hydroxylation is 1. The van der Waals surface area contributed by atoms with Gasteiger partial charge in [-0.15, -0.1) is 0 Å². The number of rotatable bonds is 11. The van der Waals surface area contributed by atoms with Gasteiger partial charge in [-0.2, -0.15) is 0 Å². The summed E-state index contributed by atoms with van der Waals surface area (Å²) in [7, 11) is 0. The highest BCUT2D eigenvalue weighted by atomic mass is 32.2. The van der Waals surface area contributed by atoms with Crippen molar-refractivity contribution in [1.82, 2.24) is 8.61 Å². The van der Waals surface area contributed by atoms with Crippen LogP contribution in [0.2, 0.25) is 0 Å². The van der Waals surface area contributed by atoms with Crippen LogP contribution in [0.5, 0.6) is 0 Å². The van der Waals surface area contributed by atoms with Crippen molar-refractivity contribution in [3.05, 3.63) is 65.9 Å². The maximum absolute atomic E-state index is 3.82. The van der Waals surface area contributed by atoms with Crippen LogP contribution in [0.4, 0.5) is 0 Å². The summed E-state index contributed by atoms with van der Waals surface area (Å²) in [5.74, 6) is 0.785. The highest BCUT2D eigenvalue weighted by Gasteiger charge is 2.22. The van der Waals surface area contributed by atoms with Crippen LogP contribution in [0.1, 0.15) is 57.6 Å². The first kappa shape index (κ1) is 21.8. The second-order valence-corrected chi connectivity index (χ2v) is 8.50. The molecule has 1 aromatic rings. The Hall–Kier alpha value is -1.45. The molecule has 1 atom stereocenters. The van der Waals surface area contributed by atoms with Crippen molar-refractivity contribution >= 4 is 18.2 Å². The van der Waals surface area contributed by atoms with Crippen molar-refractivity contribution in [3.63, 3.8) is 0 Å². The van der Waals surface area contributed by atoms with Crippen LogP contribution in [0.3, 0.4) is 0 Å². The zero-order valence-electron chi connectivity index (χ0n) is 17.4. The summed E-state index contributed by atoms with van der Waals surface area (Å²) in [6, 6.07) is 8.81. The van der Waals surface area contributed by atoms with Gasteiger partial charge in [0.25, 0.3) is 0 Å². The highest BCUT2D eigenvalue weighted by Crippen LogP contribution is 2.29. The lowest BCUT2D eigenvalue weighted by atomic mass is 9.98. The van der Waals surface area contributed by atoms with Gasteiger partial charge in [-0.25, -0.2) is 4.31 Å². The number of hydrogen-bond acceptors (Lipinski definition) is 3. The lowest BCUT2D eigenvalue weighted by Crippen LogP contribution is -2.16. The minimum absolute atomic E-state index is 0.785. The fourth-order valence-electron chi connectivity index (χ4n) is 3.37. The van der Waals surface area contributed by atoms with Gasteiger partial charge >= 0.3 is 0 Å². The molecule has 0 bridgehead atoms. The quantitative estimate of drug-likeness (QED) is 0.308. The van der Waals surface area contributed by atoms with Crippen LogP contribution in [-0.4, -0.2) is 28.2 Å². The smallest absolute Gasteiger partial charge is 0.0445 e. The Kier molecular flexibility index (Phi) is 9.79. The third-order valence-corrected chi connectivity index (χ3v) is 6.24. The first-order chi connectivity index (χ1) is 13.2. The molecular weight excluding hydrogens is 348 g/mol. The Morgan fingerprint density at radius 3 is 2.67 bits per heavy atom. The second-order valence-electron chi connectivity index (χ2n) is 7.38. The van der Waals surface area contributed by atoms with E-state index in [-0.39, 0.29) is 0 Å². The van der Waals surface area contributed by atoms with Crippen LogP contribution in [-0.2, 0) is 6.42 Å². The summed E-state index contributed by atoms with van der Waals surface area (Å²) in [5, 5.41) is 0. The first-order valence-corrected chi connectivity index (χ1v) is 11.1. The zero-order valence-corrected chi connectivity index (χ0v) is 18.2. The predicted molar refractivity (Wildman–Crippen MR) is 122 cm³/mol. The molecule has 0 N–H and O–H groups in total. The average molecular weight is 385 g/mol. The Balaban J connectivity index is 1.66. The number of benzene rings is 1. The van der Waals surface area contributed by atoms with E-state index in [2.05, 4.69) is 78.5 Å². The summed E-state index contributed by atoms with van der Waals surface area (Å²) < 4.78 is 4.96. The second kappa shape index (κ2) is 12.1. The van der Waals surface area contributed by atoms with E-state index in [0.29, 0.717) is 0 Å². The molecule has 1 aliphatic heterocycles. The van der Waals surface area contributed by atoms with Crippen molar-refractivity contribution in [2.45, 2.75) is 52.9 Å². The van der Waals surface area contributed by atoms with E-state index < -0.39 is 0 Å². The van der Waals surface area contributed by atoms with Crippen LogP contribution in [0.15, 0.2) is 54.8 Å². The van der Waals surface area contributed by atoms with E-state index in [9.17, 15) is 0 Å². The van der Waals surface area contributed by atoms with Crippen molar-refractivity contribution in [2.24, 2.45) is 5.92 Å². The molecule has 0 saturated carbocycles. The fourth-order valence-corrected chi connectivity index (χ4v) is 4.39. The monoisotopic (exact) mass is 384 g/mol. The average Bonchev–Trinajstić information content (AvgIpc) is 3.16. The molecule has 0 aromatic heterocycles. The van der Waals surface area contributed by atoms with Gasteiger partial charge in [0.1, 0.15) is 0 Å². The molecule has 1 aromatic carbocycles. The third kappa shape index (κ3) is 7.59. The normalized spacial score (nSPS) is 17.0. The maximum atomic E-state index is 3.82. The van der Waals surface area contributed by atoms with Gasteiger partial charge in [-0.05, 0) is 55.7 Å². The Morgan fingerprint density at radius 2 is 2.00 bits per heavy atom. The summed E-state index contributed by atoms with van der Waals surface area (Å²) in [6.45, 7) is 14.0. The maximum Gasteiger partial charge on any atom is 0.0445 e. The molecule has 0 radical (unpaired) electrons. The van der Waals surface area contributed by atoms with Crippen LogP contribution in [0, 0.1) is 5.92 Å². The number of nitrogens with zero attached hydrogens (tertiary/aromatic N) is 2. The largest absolute Gasteiger partial charge is 0.302 e. The molecule has 0 spiro atoms. The summed E-state index contributed by atoms with van der Waals surface area (Å²) in [5.41, 5.74) is 4.00. The van der Waals surface area contributed by atoms with E-state index >= 15 is 0 Å². The molecule has 1 saturated heterocycles. The standard InChI is InChI=1S/C24H36N2S/c1-5-9-24(10-6-2)26-20-19-25(27-26)18-17-21(4)11-8-12-23-15-13-22(7-3)14-16-23/h5,7,9-10,13-16,21H,3,6,8,11-12,17-20H2,1-2,4H3/b9-5-,24-10+. The van der Waals surface area contributed by atoms with E-state index in [4.69, 9.17) is 0 Å². The fraction of sp³-hybridized carbons (Fsp3) is 0.500. The van der Waals surface area contributed by atoms with Crippen molar-refractivity contribution in [2.75, 3.05) is 19.6 Å². The SMILES string of the molecule is C=Cc1ccc(CCCC(C)CCN2CCN(C(/C=C\C)=C/CC)S2)cc1. The summed E-state index contributed by atoms with van der Waals surface area (Å²) >= 11 is 1.90. The molecular formula is C24H36N2S. The molecule has 27 heavy (non-hydrogen) atoms. The third-order valence-electron chi connectivity index (χ3n) is 5.05. The lowest BCUT2D eigenvalue weighted by Gasteiger charge is -2.20. The molecule has 148 valence electrons. The number of allylic oxidation sites excluding steroid dienone is 3. The van der Waals surface area contributed by atoms with Gasteiger partial charge in [0, 0.05) is 37.5 Å². The van der Waals surface area contributed by atoms with Gasteiger partial charge in [-0.3, -0.25) is 0 Å². The van der Waals surface area contributed by atoms with Crippen molar-refractivity contribution in [1.29, 1.82) is 0 Å². The van der Waals surface area contributed by atoms with Gasteiger partial charge in [0.05, 0.1) is 0 Å². The van der Waals surface area contributed by atoms with E-state index in [1.165, 1.54) is 49.1 Å². The molecule has 1 aliphatic rings. The van der Waals surface area contributed by atoms with Gasteiger partial charge in [0.2, 0.25) is 0 Å². The highest BCUT2D eigenvalue weighted by molar-refractivity contribution is 7.95. The summed E-state index contributed by atoms with van der Waals surface area (Å²) in [6.07, 6.45) is 14.7. The molecule has 2 rings (SSSR count). The molecule has 1 heterocycles. The van der Waals surface area contributed by atoms with Crippen molar-refractivity contribution in [3.8, 4) is 0 Å². The van der Waals surface area contributed by atoms with Gasteiger partial charge < -0.3 is 4.31 Å². The molecule has 0 aliphatic carbocycles. The minimum Gasteiger partial charge on any atom is -0.302 e. The molecule has 2 nitrogen and oxygen atoms in total. The van der Waals surface area contributed by atoms with E-state index in [0.717, 1.165) is 25.4 Å². The van der Waals surface area contributed by atoms with Crippen LogP contribution < -0.4 is 0 Å². The van der Waals surface area contributed by atoms with E-state index in [1.54, 1.807) is 0 Å². The Labute approximate surface area is 171 Å². The molecule has 1 fully saturated rings. The summed E-state index contributed by atoms with van der Waals surface area (Å²) in [4.78, 5) is 0. The zero-order chi connectivity index (χ0) is 19.5. The first-order valence-electron chi connectivity index (χ1n) is 10.4. The predicted octanol–water partition coefficient (Wildman–Crippen LogP) is 6.73.